The number of hydrogen-bond donors (Lipinski definition) is 1. The fourth-order valence-corrected chi connectivity index (χ4v) is 2.39. The molecule has 0 amide bonds. The summed E-state index contributed by atoms with van der Waals surface area (Å²) in [4.78, 5) is 0. The van der Waals surface area contributed by atoms with Crippen LogP contribution in [0.3, 0.4) is 0 Å². The topological polar surface area (TPSA) is 54.3 Å². The molecule has 0 aliphatic carbocycles. The Labute approximate surface area is 118 Å². The molecule has 1 aliphatic rings. The quantitative estimate of drug-likeness (QED) is 0.921. The van der Waals surface area contributed by atoms with Crippen LogP contribution in [0.5, 0.6) is 0 Å². The number of hydrogen-bond acceptors (Lipinski definition) is 4. The van der Waals surface area contributed by atoms with E-state index in [9.17, 15) is 0 Å². The first kappa shape index (κ1) is 14.1. The Morgan fingerprint density at radius 3 is 2.84 bits per heavy atom. The van der Waals surface area contributed by atoms with Crippen molar-refractivity contribution in [3.05, 3.63) is 28.8 Å². The number of halogens is 1. The Morgan fingerprint density at radius 1 is 1.47 bits per heavy atom. The van der Waals surface area contributed by atoms with E-state index < -0.39 is 0 Å². The molecule has 1 heterocycles. The number of benzene rings is 1. The predicted molar refractivity (Wildman–Crippen MR) is 74.4 cm³/mol. The van der Waals surface area contributed by atoms with E-state index in [4.69, 9.17) is 26.3 Å². The van der Waals surface area contributed by atoms with E-state index in [0.29, 0.717) is 30.3 Å². The highest BCUT2D eigenvalue weighted by molar-refractivity contribution is 6.30. The normalized spacial score (nSPS) is 17.7. The van der Waals surface area contributed by atoms with Gasteiger partial charge in [-0.1, -0.05) is 11.6 Å². The summed E-state index contributed by atoms with van der Waals surface area (Å²) in [5.74, 6) is 0. The third-order valence-corrected chi connectivity index (χ3v) is 3.78. The molecule has 19 heavy (non-hydrogen) atoms. The van der Waals surface area contributed by atoms with Crippen molar-refractivity contribution in [1.29, 1.82) is 5.26 Å². The van der Waals surface area contributed by atoms with Crippen LogP contribution in [0, 0.1) is 11.3 Å². The van der Waals surface area contributed by atoms with Crippen molar-refractivity contribution in [2.75, 3.05) is 32.2 Å². The highest BCUT2D eigenvalue weighted by Gasteiger charge is 2.32. The molecular formula is C14H17ClN2O2. The molecule has 0 aromatic heterocycles. The molecule has 1 aromatic rings. The molecule has 1 saturated heterocycles. The molecule has 0 bridgehead atoms. The molecule has 1 N–H and O–H groups in total. The molecular weight excluding hydrogens is 264 g/mol. The first-order valence-corrected chi connectivity index (χ1v) is 6.63. The number of ether oxygens (including phenoxy) is 2. The molecule has 0 unspecified atom stereocenters. The molecule has 2 rings (SSSR count). The average molecular weight is 281 g/mol. The van der Waals surface area contributed by atoms with Gasteiger partial charge in [-0.3, -0.25) is 0 Å². The Bertz CT molecular complexity index is 479. The fourth-order valence-electron chi connectivity index (χ4n) is 2.22. The summed E-state index contributed by atoms with van der Waals surface area (Å²) < 4.78 is 11.0. The molecule has 0 atom stereocenters. The van der Waals surface area contributed by atoms with E-state index >= 15 is 0 Å². The van der Waals surface area contributed by atoms with Gasteiger partial charge in [0.25, 0.3) is 0 Å². The summed E-state index contributed by atoms with van der Waals surface area (Å²) >= 11 is 5.88. The largest absolute Gasteiger partial charge is 0.381 e. The maximum Gasteiger partial charge on any atom is 0.101 e. The average Bonchev–Trinajstić information content (AvgIpc) is 2.47. The van der Waals surface area contributed by atoms with Gasteiger partial charge in [-0.25, -0.2) is 0 Å². The van der Waals surface area contributed by atoms with Gasteiger partial charge in [-0.15, -0.1) is 0 Å². The highest BCUT2D eigenvalue weighted by Crippen LogP contribution is 2.26. The zero-order chi connectivity index (χ0) is 13.7. The smallest absolute Gasteiger partial charge is 0.101 e. The number of methoxy groups -OCH3 is 1. The Kier molecular flexibility index (Phi) is 4.65. The summed E-state index contributed by atoms with van der Waals surface area (Å²) in [6.07, 6.45) is 1.71. The molecule has 5 heteroatoms. The van der Waals surface area contributed by atoms with Crippen LogP contribution in [-0.2, 0) is 9.47 Å². The maximum absolute atomic E-state index is 9.10. The molecule has 4 nitrogen and oxygen atoms in total. The van der Waals surface area contributed by atoms with E-state index in [1.165, 1.54) is 0 Å². The lowest BCUT2D eigenvalue weighted by Gasteiger charge is -2.36. The monoisotopic (exact) mass is 280 g/mol. The summed E-state index contributed by atoms with van der Waals surface area (Å²) in [6, 6.07) is 7.40. The number of nitrogens with zero attached hydrogens (tertiary/aromatic N) is 1. The van der Waals surface area contributed by atoms with Crippen LogP contribution < -0.4 is 5.32 Å². The lowest BCUT2D eigenvalue weighted by molar-refractivity contribution is -0.0807. The Balaban J connectivity index is 2.07. The van der Waals surface area contributed by atoms with Crippen LogP contribution in [0.25, 0.3) is 0 Å². The van der Waals surface area contributed by atoms with Crippen LogP contribution in [0.15, 0.2) is 18.2 Å². The lowest BCUT2D eigenvalue weighted by Crippen LogP contribution is -2.44. The fraction of sp³-hybridized carbons (Fsp3) is 0.500. The van der Waals surface area contributed by atoms with E-state index in [0.717, 1.165) is 18.5 Å². The molecule has 1 fully saturated rings. The van der Waals surface area contributed by atoms with Crippen molar-refractivity contribution in [2.45, 2.75) is 18.4 Å². The van der Waals surface area contributed by atoms with E-state index in [1.807, 2.05) is 6.07 Å². The minimum Gasteiger partial charge on any atom is -0.381 e. The van der Waals surface area contributed by atoms with Gasteiger partial charge in [0, 0.05) is 44.7 Å². The third-order valence-electron chi connectivity index (χ3n) is 3.54. The van der Waals surface area contributed by atoms with Gasteiger partial charge in [0.15, 0.2) is 0 Å². The van der Waals surface area contributed by atoms with Gasteiger partial charge < -0.3 is 14.8 Å². The van der Waals surface area contributed by atoms with Gasteiger partial charge in [0.05, 0.1) is 16.9 Å². The van der Waals surface area contributed by atoms with Crippen molar-refractivity contribution in [2.24, 2.45) is 0 Å². The van der Waals surface area contributed by atoms with Crippen LogP contribution in [0.2, 0.25) is 5.02 Å². The number of nitriles is 1. The zero-order valence-corrected chi connectivity index (χ0v) is 11.7. The van der Waals surface area contributed by atoms with Crippen molar-refractivity contribution in [1.82, 2.24) is 0 Å². The lowest BCUT2D eigenvalue weighted by atomic mass is 9.94. The van der Waals surface area contributed by atoms with Crippen LogP contribution >= 0.6 is 11.6 Å². The molecule has 0 saturated carbocycles. The summed E-state index contributed by atoms with van der Waals surface area (Å²) in [5, 5.41) is 13.0. The van der Waals surface area contributed by atoms with Gasteiger partial charge in [-0.05, 0) is 18.2 Å². The molecule has 0 radical (unpaired) electrons. The number of rotatable bonds is 4. The van der Waals surface area contributed by atoms with Gasteiger partial charge in [-0.2, -0.15) is 5.26 Å². The standard InChI is InChI=1S/C14H17ClN2O2/c1-18-14(4-6-19-7-5-14)10-17-13-3-2-12(15)8-11(13)9-16/h2-3,8,17H,4-7,10H2,1H3. The first-order chi connectivity index (χ1) is 9.19. The second kappa shape index (κ2) is 6.25. The molecule has 102 valence electrons. The van der Waals surface area contributed by atoms with Gasteiger partial charge >= 0.3 is 0 Å². The van der Waals surface area contributed by atoms with Gasteiger partial charge in [0.2, 0.25) is 0 Å². The minimum atomic E-state index is -0.218. The summed E-state index contributed by atoms with van der Waals surface area (Å²) in [5.41, 5.74) is 1.12. The SMILES string of the molecule is COC1(CNc2ccc(Cl)cc2C#N)CCOCC1. The molecule has 0 spiro atoms. The number of anilines is 1. The van der Waals surface area contributed by atoms with Crippen molar-refractivity contribution in [3.63, 3.8) is 0 Å². The second-order valence-corrected chi connectivity index (χ2v) is 5.09. The van der Waals surface area contributed by atoms with Crippen LogP contribution in [-0.4, -0.2) is 32.5 Å². The molecule has 1 aromatic carbocycles. The van der Waals surface area contributed by atoms with Crippen LogP contribution in [0.4, 0.5) is 5.69 Å². The summed E-state index contributed by atoms with van der Waals surface area (Å²) in [6.45, 7) is 2.08. The van der Waals surface area contributed by atoms with Crippen LogP contribution in [0.1, 0.15) is 18.4 Å². The highest BCUT2D eigenvalue weighted by atomic mass is 35.5. The van der Waals surface area contributed by atoms with Crippen molar-refractivity contribution in [3.8, 4) is 6.07 Å². The predicted octanol–water partition coefficient (Wildman–Crippen LogP) is 2.82. The minimum absolute atomic E-state index is 0.218. The van der Waals surface area contributed by atoms with Gasteiger partial charge in [0.1, 0.15) is 6.07 Å². The number of nitrogens with one attached hydrogen (secondary N) is 1. The van der Waals surface area contributed by atoms with E-state index in [1.54, 1.807) is 19.2 Å². The van der Waals surface area contributed by atoms with Crippen molar-refractivity contribution >= 4 is 17.3 Å². The van der Waals surface area contributed by atoms with E-state index in [2.05, 4.69) is 11.4 Å². The zero-order valence-electron chi connectivity index (χ0n) is 10.9. The Morgan fingerprint density at radius 2 is 2.21 bits per heavy atom. The third kappa shape index (κ3) is 3.38. The Hall–Kier alpha value is -1.28. The van der Waals surface area contributed by atoms with Crippen molar-refractivity contribution < 1.29 is 9.47 Å². The maximum atomic E-state index is 9.10. The second-order valence-electron chi connectivity index (χ2n) is 4.65. The summed E-state index contributed by atoms with van der Waals surface area (Å²) in [7, 11) is 1.72. The first-order valence-electron chi connectivity index (χ1n) is 6.25. The van der Waals surface area contributed by atoms with E-state index in [-0.39, 0.29) is 5.60 Å². The molecule has 1 aliphatic heterocycles.